The standard InChI is InChI=1S/C23H25F3N2O3/c1-22(2)12-19(16-9-7-14(23(24,25)26)10-20(16)31-22)28-21(30)27-18-5-3-4-13-6-8-15(29)11-17(13)18/h3-5,7,9-10,15,19,29H,6,8,11-12H2,1-2H3,(H2,27,28,30)/t15-,19-/m1/s1. The van der Waals surface area contributed by atoms with E-state index >= 15 is 0 Å². The summed E-state index contributed by atoms with van der Waals surface area (Å²) >= 11 is 0. The zero-order chi connectivity index (χ0) is 22.4. The number of ether oxygens (including phenoxy) is 1. The fraction of sp³-hybridized carbons (Fsp3) is 0.435. The molecule has 0 fully saturated rings. The zero-order valence-corrected chi connectivity index (χ0v) is 17.3. The summed E-state index contributed by atoms with van der Waals surface area (Å²) < 4.78 is 45.1. The van der Waals surface area contributed by atoms with E-state index in [-0.39, 0.29) is 5.75 Å². The molecule has 1 aliphatic carbocycles. The molecule has 1 heterocycles. The van der Waals surface area contributed by atoms with Gasteiger partial charge in [0.25, 0.3) is 0 Å². The lowest BCUT2D eigenvalue weighted by atomic mass is 9.88. The Bertz CT molecular complexity index is 1000. The molecule has 2 aromatic rings. The van der Waals surface area contributed by atoms with Gasteiger partial charge in [-0.25, -0.2) is 4.79 Å². The van der Waals surface area contributed by atoms with E-state index in [0.29, 0.717) is 30.5 Å². The fourth-order valence-corrected chi connectivity index (χ4v) is 4.36. The third-order valence-corrected chi connectivity index (χ3v) is 5.81. The van der Waals surface area contributed by atoms with Crippen LogP contribution in [0.15, 0.2) is 36.4 Å². The number of halogens is 3. The normalized spacial score (nSPS) is 22.0. The smallest absolute Gasteiger partial charge is 0.416 e. The van der Waals surface area contributed by atoms with E-state index in [0.717, 1.165) is 29.7 Å². The van der Waals surface area contributed by atoms with Crippen molar-refractivity contribution in [1.82, 2.24) is 5.32 Å². The van der Waals surface area contributed by atoms with Crippen LogP contribution in [0.3, 0.4) is 0 Å². The van der Waals surface area contributed by atoms with Gasteiger partial charge in [-0.05, 0) is 56.0 Å². The number of hydrogen-bond donors (Lipinski definition) is 3. The molecule has 0 radical (unpaired) electrons. The van der Waals surface area contributed by atoms with Crippen LogP contribution in [0.2, 0.25) is 0 Å². The predicted octanol–water partition coefficient (Wildman–Crippen LogP) is 4.98. The first-order valence-corrected chi connectivity index (χ1v) is 10.3. The van der Waals surface area contributed by atoms with Crippen molar-refractivity contribution in [2.45, 2.75) is 63.5 Å². The van der Waals surface area contributed by atoms with Crippen molar-refractivity contribution in [2.24, 2.45) is 0 Å². The number of nitrogens with one attached hydrogen (secondary N) is 2. The van der Waals surface area contributed by atoms with Crippen LogP contribution >= 0.6 is 0 Å². The van der Waals surface area contributed by atoms with Gasteiger partial charge < -0.3 is 20.5 Å². The summed E-state index contributed by atoms with van der Waals surface area (Å²) in [6, 6.07) is 8.01. The number of aliphatic hydroxyl groups excluding tert-OH is 1. The van der Waals surface area contributed by atoms with E-state index < -0.39 is 35.5 Å². The lowest BCUT2D eigenvalue weighted by molar-refractivity contribution is -0.137. The molecule has 2 aromatic carbocycles. The van der Waals surface area contributed by atoms with Crippen molar-refractivity contribution in [1.29, 1.82) is 0 Å². The van der Waals surface area contributed by atoms with Crippen molar-refractivity contribution >= 4 is 11.7 Å². The predicted molar refractivity (Wildman–Crippen MR) is 110 cm³/mol. The summed E-state index contributed by atoms with van der Waals surface area (Å²) in [4.78, 5) is 12.8. The SMILES string of the molecule is CC1(C)C[C@@H](NC(=O)Nc2cccc3c2C[C@H](O)CC3)c2ccc(C(F)(F)F)cc2O1. The summed E-state index contributed by atoms with van der Waals surface area (Å²) in [5, 5.41) is 15.7. The van der Waals surface area contributed by atoms with Gasteiger partial charge >= 0.3 is 12.2 Å². The zero-order valence-electron chi connectivity index (χ0n) is 17.3. The molecule has 4 rings (SSSR count). The van der Waals surface area contributed by atoms with Crippen molar-refractivity contribution in [3.63, 3.8) is 0 Å². The molecule has 1 aliphatic heterocycles. The minimum atomic E-state index is -4.47. The van der Waals surface area contributed by atoms with Crippen molar-refractivity contribution in [3.05, 3.63) is 58.7 Å². The Balaban J connectivity index is 1.56. The molecule has 0 saturated heterocycles. The minimum absolute atomic E-state index is 0.122. The molecular formula is C23H25F3N2O3. The van der Waals surface area contributed by atoms with Crippen molar-refractivity contribution in [3.8, 4) is 5.75 Å². The number of carbonyl (C=O) groups is 1. The van der Waals surface area contributed by atoms with Gasteiger partial charge in [-0.1, -0.05) is 18.2 Å². The number of anilines is 1. The molecule has 8 heteroatoms. The summed E-state index contributed by atoms with van der Waals surface area (Å²) in [7, 11) is 0. The van der Waals surface area contributed by atoms with Crippen LogP contribution < -0.4 is 15.4 Å². The van der Waals surface area contributed by atoms with Gasteiger partial charge in [-0.15, -0.1) is 0 Å². The molecule has 2 aliphatic rings. The van der Waals surface area contributed by atoms with Crippen LogP contribution in [0.5, 0.6) is 5.75 Å². The molecular weight excluding hydrogens is 409 g/mol. The minimum Gasteiger partial charge on any atom is -0.487 e. The van der Waals surface area contributed by atoms with Crippen LogP contribution in [0.4, 0.5) is 23.7 Å². The number of hydrogen-bond acceptors (Lipinski definition) is 3. The fourth-order valence-electron chi connectivity index (χ4n) is 4.36. The highest BCUT2D eigenvalue weighted by molar-refractivity contribution is 5.90. The topological polar surface area (TPSA) is 70.6 Å². The third kappa shape index (κ3) is 4.63. The Hall–Kier alpha value is -2.74. The second-order valence-electron chi connectivity index (χ2n) is 8.81. The number of benzene rings is 2. The maximum atomic E-state index is 13.1. The third-order valence-electron chi connectivity index (χ3n) is 5.81. The molecule has 166 valence electrons. The van der Waals surface area contributed by atoms with E-state index in [9.17, 15) is 23.1 Å². The average molecular weight is 434 g/mol. The number of rotatable bonds is 2. The number of amides is 2. The van der Waals surface area contributed by atoms with Gasteiger partial charge in [0.1, 0.15) is 11.4 Å². The summed E-state index contributed by atoms with van der Waals surface area (Å²) in [6.45, 7) is 3.55. The molecule has 3 N–H and O–H groups in total. The first kappa shape index (κ1) is 21.5. The number of fused-ring (bicyclic) bond motifs is 2. The van der Waals surface area contributed by atoms with Crippen LogP contribution in [-0.4, -0.2) is 22.8 Å². The summed E-state index contributed by atoms with van der Waals surface area (Å²) in [6.07, 6.45) is -2.60. The number of carbonyl (C=O) groups excluding carboxylic acids is 1. The molecule has 0 bridgehead atoms. The maximum absolute atomic E-state index is 13.1. The van der Waals surface area contributed by atoms with Crippen molar-refractivity contribution in [2.75, 3.05) is 5.32 Å². The Morgan fingerprint density at radius 1 is 1.23 bits per heavy atom. The Labute approximate surface area is 178 Å². The molecule has 0 unspecified atom stereocenters. The van der Waals surface area contributed by atoms with Gasteiger partial charge in [0.15, 0.2) is 0 Å². The monoisotopic (exact) mass is 434 g/mol. The maximum Gasteiger partial charge on any atom is 0.416 e. The van der Waals surface area contributed by atoms with Gasteiger partial charge in [-0.2, -0.15) is 13.2 Å². The second-order valence-corrected chi connectivity index (χ2v) is 8.81. The first-order chi connectivity index (χ1) is 14.5. The number of urea groups is 1. The average Bonchev–Trinajstić information content (AvgIpc) is 2.66. The van der Waals surface area contributed by atoms with Crippen LogP contribution in [0.25, 0.3) is 0 Å². The van der Waals surface area contributed by atoms with Gasteiger partial charge in [0.05, 0.1) is 17.7 Å². The Morgan fingerprint density at radius 2 is 2.00 bits per heavy atom. The molecule has 5 nitrogen and oxygen atoms in total. The van der Waals surface area contributed by atoms with E-state index in [4.69, 9.17) is 4.74 Å². The highest BCUT2D eigenvalue weighted by atomic mass is 19.4. The van der Waals surface area contributed by atoms with E-state index in [1.165, 1.54) is 6.07 Å². The highest BCUT2D eigenvalue weighted by Crippen LogP contribution is 2.42. The van der Waals surface area contributed by atoms with Crippen molar-refractivity contribution < 1.29 is 27.8 Å². The van der Waals surface area contributed by atoms with Gasteiger partial charge in [0.2, 0.25) is 0 Å². The van der Waals surface area contributed by atoms with E-state index in [1.807, 2.05) is 12.1 Å². The molecule has 0 spiro atoms. The largest absolute Gasteiger partial charge is 0.487 e. The number of alkyl halides is 3. The quantitative estimate of drug-likeness (QED) is 0.625. The van der Waals surface area contributed by atoms with Gasteiger partial charge in [0, 0.05) is 24.1 Å². The highest BCUT2D eigenvalue weighted by Gasteiger charge is 2.38. The summed E-state index contributed by atoms with van der Waals surface area (Å²) in [5.41, 5.74) is 1.62. The Kier molecular flexibility index (Phi) is 5.37. The molecule has 0 aromatic heterocycles. The molecule has 0 saturated carbocycles. The lowest BCUT2D eigenvalue weighted by Gasteiger charge is -2.38. The lowest BCUT2D eigenvalue weighted by Crippen LogP contribution is -2.42. The number of aryl methyl sites for hydroxylation is 1. The van der Waals surface area contributed by atoms with Crippen LogP contribution in [-0.2, 0) is 19.0 Å². The molecule has 31 heavy (non-hydrogen) atoms. The second kappa shape index (κ2) is 7.75. The molecule has 2 amide bonds. The number of aliphatic hydroxyl groups is 1. The van der Waals surface area contributed by atoms with E-state index in [1.54, 1.807) is 19.9 Å². The Morgan fingerprint density at radius 3 is 2.74 bits per heavy atom. The first-order valence-electron chi connectivity index (χ1n) is 10.3. The van der Waals surface area contributed by atoms with E-state index in [2.05, 4.69) is 10.6 Å². The van der Waals surface area contributed by atoms with Crippen LogP contribution in [0.1, 0.15) is 55.0 Å². The van der Waals surface area contributed by atoms with Crippen LogP contribution in [0, 0.1) is 0 Å². The summed E-state index contributed by atoms with van der Waals surface area (Å²) in [5.74, 6) is 0.122. The van der Waals surface area contributed by atoms with Gasteiger partial charge in [-0.3, -0.25) is 0 Å². The molecule has 2 atom stereocenters.